The summed E-state index contributed by atoms with van der Waals surface area (Å²) in [6.45, 7) is 5.61. The van der Waals surface area contributed by atoms with E-state index in [0.717, 1.165) is 63.7 Å². The summed E-state index contributed by atoms with van der Waals surface area (Å²) in [6, 6.07) is 7.86. The number of rotatable bonds is 8. The standard InChI is InChI=1S/C26H39N3O3S/c1-19-7-2-3-11-24(19)33(31,32)29-18-21-8-5-15-28-16-6-9-22(26(21)28)23(29)10-4-12-25(30)27-17-20-13-14-20/h2-3,7,11,20-23,26H,4-6,8-10,12-18H2,1H3,(H,27,30)/t21-,22+,23+,26-/m0/s1. The first kappa shape index (κ1) is 23.3. The van der Waals surface area contributed by atoms with Gasteiger partial charge in [0.15, 0.2) is 0 Å². The number of hydrogen-bond acceptors (Lipinski definition) is 4. The Morgan fingerprint density at radius 1 is 1.09 bits per heavy atom. The van der Waals surface area contributed by atoms with E-state index in [2.05, 4.69) is 10.2 Å². The molecule has 33 heavy (non-hydrogen) atoms. The van der Waals surface area contributed by atoms with E-state index in [-0.39, 0.29) is 11.9 Å². The highest BCUT2D eigenvalue weighted by Gasteiger charge is 2.51. The summed E-state index contributed by atoms with van der Waals surface area (Å²) in [6.07, 6.45) is 8.99. The molecule has 4 atom stereocenters. The average Bonchev–Trinajstić information content (AvgIpc) is 3.64. The van der Waals surface area contributed by atoms with Crippen molar-refractivity contribution in [3.8, 4) is 0 Å². The minimum atomic E-state index is -3.58. The van der Waals surface area contributed by atoms with Crippen LogP contribution in [0, 0.1) is 24.7 Å². The van der Waals surface area contributed by atoms with Crippen molar-refractivity contribution in [3.05, 3.63) is 29.8 Å². The number of carbonyl (C=O) groups is 1. The molecule has 6 nitrogen and oxygen atoms in total. The lowest BCUT2D eigenvalue weighted by molar-refractivity contribution is -0.121. The topological polar surface area (TPSA) is 69.7 Å². The lowest BCUT2D eigenvalue weighted by Gasteiger charge is -2.57. The van der Waals surface area contributed by atoms with Gasteiger partial charge in [0.1, 0.15) is 0 Å². The summed E-state index contributed by atoms with van der Waals surface area (Å²) in [5.41, 5.74) is 0.812. The molecular weight excluding hydrogens is 434 g/mol. The number of hydrogen-bond donors (Lipinski definition) is 1. The SMILES string of the molecule is Cc1ccccc1S(=O)(=O)N1C[C@@H]2CCCN3CCC[C@@H]([C@H]23)[C@H]1CCCC(=O)NCC1CC1. The largest absolute Gasteiger partial charge is 0.356 e. The number of nitrogens with one attached hydrogen (secondary N) is 1. The van der Waals surface area contributed by atoms with E-state index >= 15 is 0 Å². The molecule has 0 spiro atoms. The molecule has 1 aliphatic carbocycles. The molecule has 1 N–H and O–H groups in total. The second-order valence-corrected chi connectivity index (χ2v) is 12.6. The third-order valence-corrected chi connectivity index (χ3v) is 10.5. The number of nitrogens with zero attached hydrogens (tertiary/aromatic N) is 2. The van der Waals surface area contributed by atoms with Gasteiger partial charge in [-0.1, -0.05) is 18.2 Å². The Morgan fingerprint density at radius 3 is 2.61 bits per heavy atom. The summed E-state index contributed by atoms with van der Waals surface area (Å²) in [5.74, 6) is 1.58. The van der Waals surface area contributed by atoms with Crippen LogP contribution in [0.3, 0.4) is 0 Å². The van der Waals surface area contributed by atoms with Gasteiger partial charge in [-0.05, 0) is 101 Å². The highest BCUT2D eigenvalue weighted by molar-refractivity contribution is 7.89. The maximum absolute atomic E-state index is 14.0. The van der Waals surface area contributed by atoms with Crippen molar-refractivity contribution < 1.29 is 13.2 Å². The predicted octanol–water partition coefficient (Wildman–Crippen LogP) is 3.56. The van der Waals surface area contributed by atoms with Gasteiger partial charge in [-0.2, -0.15) is 4.31 Å². The van der Waals surface area contributed by atoms with Crippen molar-refractivity contribution in [1.82, 2.24) is 14.5 Å². The van der Waals surface area contributed by atoms with Crippen molar-refractivity contribution in [2.24, 2.45) is 17.8 Å². The number of piperidine rings is 3. The third-order valence-electron chi connectivity index (χ3n) is 8.49. The van der Waals surface area contributed by atoms with Crippen molar-refractivity contribution in [3.63, 3.8) is 0 Å². The molecule has 1 aromatic rings. The van der Waals surface area contributed by atoms with Crippen molar-refractivity contribution >= 4 is 15.9 Å². The van der Waals surface area contributed by atoms with E-state index in [1.165, 1.54) is 12.8 Å². The third kappa shape index (κ3) is 4.87. The van der Waals surface area contributed by atoms with E-state index in [1.54, 1.807) is 6.07 Å². The summed E-state index contributed by atoms with van der Waals surface area (Å²) in [4.78, 5) is 15.4. The zero-order chi connectivity index (χ0) is 23.0. The molecule has 3 heterocycles. The highest BCUT2D eigenvalue weighted by Crippen LogP contribution is 2.45. The Kier molecular flexibility index (Phi) is 6.83. The van der Waals surface area contributed by atoms with Crippen LogP contribution in [0.4, 0.5) is 0 Å². The molecule has 1 aromatic carbocycles. The first-order chi connectivity index (χ1) is 15.9. The van der Waals surface area contributed by atoms with Crippen LogP contribution in [0.5, 0.6) is 0 Å². The summed E-state index contributed by atoms with van der Waals surface area (Å²) < 4.78 is 29.8. The van der Waals surface area contributed by atoms with Crippen LogP contribution in [0.2, 0.25) is 0 Å². The van der Waals surface area contributed by atoms with Gasteiger partial charge in [0.2, 0.25) is 15.9 Å². The Bertz CT molecular complexity index is 959. The van der Waals surface area contributed by atoms with Gasteiger partial charge in [0.25, 0.3) is 0 Å². The smallest absolute Gasteiger partial charge is 0.243 e. The molecule has 0 bridgehead atoms. The van der Waals surface area contributed by atoms with Gasteiger partial charge in [0, 0.05) is 31.6 Å². The van der Waals surface area contributed by atoms with E-state index in [9.17, 15) is 13.2 Å². The normalized spacial score (nSPS) is 30.6. The zero-order valence-electron chi connectivity index (χ0n) is 19.9. The second kappa shape index (κ2) is 9.67. The van der Waals surface area contributed by atoms with Gasteiger partial charge >= 0.3 is 0 Å². The molecule has 0 aromatic heterocycles. The molecule has 0 unspecified atom stereocenters. The predicted molar refractivity (Wildman–Crippen MR) is 129 cm³/mol. The molecule has 4 fully saturated rings. The average molecular weight is 474 g/mol. The van der Waals surface area contributed by atoms with Crippen LogP contribution in [-0.2, 0) is 14.8 Å². The molecule has 1 saturated carbocycles. The Morgan fingerprint density at radius 2 is 1.85 bits per heavy atom. The van der Waals surface area contributed by atoms with E-state index < -0.39 is 10.0 Å². The summed E-state index contributed by atoms with van der Waals surface area (Å²) >= 11 is 0. The monoisotopic (exact) mass is 473 g/mol. The fourth-order valence-corrected chi connectivity index (χ4v) is 8.69. The van der Waals surface area contributed by atoms with Gasteiger partial charge in [-0.15, -0.1) is 0 Å². The number of carbonyl (C=O) groups excluding carboxylic acids is 1. The quantitative estimate of drug-likeness (QED) is 0.627. The minimum absolute atomic E-state index is 0.0204. The van der Waals surface area contributed by atoms with Crippen LogP contribution >= 0.6 is 0 Å². The molecule has 5 rings (SSSR count). The van der Waals surface area contributed by atoms with Gasteiger partial charge < -0.3 is 5.32 Å². The molecule has 3 aliphatic heterocycles. The van der Waals surface area contributed by atoms with Crippen LogP contribution in [-0.4, -0.2) is 61.8 Å². The second-order valence-electron chi connectivity index (χ2n) is 10.8. The van der Waals surface area contributed by atoms with Crippen molar-refractivity contribution in [2.75, 3.05) is 26.2 Å². The van der Waals surface area contributed by atoms with E-state index in [1.807, 2.05) is 29.4 Å². The van der Waals surface area contributed by atoms with Gasteiger partial charge in [-0.25, -0.2) is 8.42 Å². The molecule has 4 aliphatic rings. The van der Waals surface area contributed by atoms with Crippen LogP contribution in [0.15, 0.2) is 29.2 Å². The van der Waals surface area contributed by atoms with Crippen LogP contribution in [0.1, 0.15) is 63.4 Å². The number of aryl methyl sites for hydroxylation is 1. The van der Waals surface area contributed by atoms with Crippen LogP contribution < -0.4 is 5.32 Å². The molecule has 0 radical (unpaired) electrons. The number of benzene rings is 1. The molecule has 3 saturated heterocycles. The van der Waals surface area contributed by atoms with Crippen molar-refractivity contribution in [1.29, 1.82) is 0 Å². The Hall–Kier alpha value is -1.44. The Balaban J connectivity index is 1.37. The molecular formula is C26H39N3O3S. The summed E-state index contributed by atoms with van der Waals surface area (Å²) in [5, 5.41) is 3.07. The lowest BCUT2D eigenvalue weighted by atomic mass is 9.70. The number of amides is 1. The lowest BCUT2D eigenvalue weighted by Crippen LogP contribution is -2.65. The molecule has 182 valence electrons. The highest BCUT2D eigenvalue weighted by atomic mass is 32.2. The molecule has 7 heteroatoms. The van der Waals surface area contributed by atoms with Crippen molar-refractivity contribution in [2.45, 2.75) is 81.7 Å². The zero-order valence-corrected chi connectivity index (χ0v) is 20.7. The van der Waals surface area contributed by atoms with Crippen LogP contribution in [0.25, 0.3) is 0 Å². The van der Waals surface area contributed by atoms with E-state index in [0.29, 0.717) is 41.7 Å². The van der Waals surface area contributed by atoms with Gasteiger partial charge in [0.05, 0.1) is 4.90 Å². The van der Waals surface area contributed by atoms with Gasteiger partial charge in [-0.3, -0.25) is 9.69 Å². The fraction of sp³-hybridized carbons (Fsp3) is 0.731. The number of sulfonamides is 1. The first-order valence-corrected chi connectivity index (χ1v) is 14.5. The minimum Gasteiger partial charge on any atom is -0.356 e. The first-order valence-electron chi connectivity index (χ1n) is 13.0. The fourth-order valence-electron chi connectivity index (χ4n) is 6.70. The molecule has 1 amide bonds. The Labute approximate surface area is 199 Å². The van der Waals surface area contributed by atoms with E-state index in [4.69, 9.17) is 0 Å². The maximum Gasteiger partial charge on any atom is 0.243 e. The summed E-state index contributed by atoms with van der Waals surface area (Å²) in [7, 11) is -3.58. The maximum atomic E-state index is 14.0.